The molecule has 152 valence electrons. The molecule has 0 unspecified atom stereocenters. The highest BCUT2D eigenvalue weighted by Crippen LogP contribution is 2.32. The minimum absolute atomic E-state index is 0.117. The molecular weight excluding hydrogens is 409 g/mol. The van der Waals surface area contributed by atoms with Crippen LogP contribution in [0.1, 0.15) is 21.5 Å². The minimum atomic E-state index is -4.51. The van der Waals surface area contributed by atoms with Crippen LogP contribution in [0.5, 0.6) is 0 Å². The zero-order valence-corrected chi connectivity index (χ0v) is 15.7. The molecule has 0 saturated carbocycles. The molecular formula is C18H16ClF3N6O. The molecule has 0 aliphatic heterocycles. The van der Waals surface area contributed by atoms with Crippen molar-refractivity contribution < 1.29 is 18.0 Å². The molecule has 0 radical (unpaired) electrons. The number of carbonyl (C=O) groups is 1. The molecule has 0 atom stereocenters. The van der Waals surface area contributed by atoms with E-state index in [9.17, 15) is 18.0 Å². The molecule has 11 heteroatoms. The number of nitrogens with one attached hydrogen (secondary N) is 2. The molecule has 3 aromatic rings. The molecule has 1 aromatic carbocycles. The summed E-state index contributed by atoms with van der Waals surface area (Å²) in [6.45, 7) is 1.03. The van der Waals surface area contributed by atoms with Crippen LogP contribution in [0.2, 0.25) is 5.02 Å². The fourth-order valence-corrected chi connectivity index (χ4v) is 2.68. The van der Waals surface area contributed by atoms with Crippen LogP contribution in [-0.4, -0.2) is 38.7 Å². The number of carbonyl (C=O) groups excluding carboxylic acids is 1. The summed E-state index contributed by atoms with van der Waals surface area (Å²) < 4.78 is 39.5. The summed E-state index contributed by atoms with van der Waals surface area (Å²) in [5.74, 6) is -0.156. The Morgan fingerprint density at radius 3 is 2.55 bits per heavy atom. The van der Waals surface area contributed by atoms with Crippen molar-refractivity contribution in [2.75, 3.05) is 18.4 Å². The number of hydrogen-bond acceptors (Lipinski definition) is 5. The molecule has 0 spiro atoms. The fraction of sp³-hybridized carbons (Fsp3) is 0.222. The van der Waals surface area contributed by atoms with Gasteiger partial charge in [-0.15, -0.1) is 0 Å². The van der Waals surface area contributed by atoms with Gasteiger partial charge in [-0.05, 0) is 23.8 Å². The first kappa shape index (κ1) is 20.6. The number of anilines is 1. The van der Waals surface area contributed by atoms with Gasteiger partial charge in [-0.1, -0.05) is 23.7 Å². The van der Waals surface area contributed by atoms with Gasteiger partial charge in [-0.2, -0.15) is 18.3 Å². The maximum Gasteiger partial charge on any atom is 0.417 e. The van der Waals surface area contributed by atoms with Gasteiger partial charge in [-0.3, -0.25) is 4.79 Å². The summed E-state index contributed by atoms with van der Waals surface area (Å²) in [7, 11) is 0. The molecule has 0 saturated heterocycles. The molecule has 0 bridgehead atoms. The Bertz CT molecular complexity index is 961. The van der Waals surface area contributed by atoms with E-state index >= 15 is 0 Å². The molecule has 2 aromatic heterocycles. The SMILES string of the molecule is O=C(NCCNc1ncc(C(F)(F)F)cc1Cl)c1ccc(Cn2cncn2)cc1. The van der Waals surface area contributed by atoms with Crippen molar-refractivity contribution >= 4 is 23.3 Å². The molecule has 0 fully saturated rings. The zero-order valence-electron chi connectivity index (χ0n) is 14.9. The van der Waals surface area contributed by atoms with E-state index in [0.717, 1.165) is 11.6 Å². The summed E-state index contributed by atoms with van der Waals surface area (Å²) in [4.78, 5) is 19.7. The van der Waals surface area contributed by atoms with Crippen LogP contribution in [-0.2, 0) is 12.7 Å². The average Bonchev–Trinajstić information content (AvgIpc) is 3.19. The molecule has 29 heavy (non-hydrogen) atoms. The second-order valence-electron chi connectivity index (χ2n) is 6.02. The third-order valence-electron chi connectivity index (χ3n) is 3.90. The van der Waals surface area contributed by atoms with Gasteiger partial charge in [0.2, 0.25) is 0 Å². The summed E-state index contributed by atoms with van der Waals surface area (Å²) in [5.41, 5.74) is 0.531. The minimum Gasteiger partial charge on any atom is -0.367 e. The van der Waals surface area contributed by atoms with Gasteiger partial charge in [0.1, 0.15) is 18.5 Å². The normalized spacial score (nSPS) is 11.3. The second kappa shape index (κ2) is 8.91. The maximum absolute atomic E-state index is 12.6. The smallest absolute Gasteiger partial charge is 0.367 e. The van der Waals surface area contributed by atoms with E-state index < -0.39 is 11.7 Å². The number of amides is 1. The first-order valence-electron chi connectivity index (χ1n) is 8.49. The summed E-state index contributed by atoms with van der Waals surface area (Å²) in [5, 5.41) is 9.37. The van der Waals surface area contributed by atoms with Gasteiger partial charge in [-0.25, -0.2) is 14.6 Å². The van der Waals surface area contributed by atoms with Gasteiger partial charge in [0.15, 0.2) is 0 Å². The number of pyridine rings is 1. The lowest BCUT2D eigenvalue weighted by Gasteiger charge is -2.11. The zero-order chi connectivity index (χ0) is 20.9. The third kappa shape index (κ3) is 5.67. The summed E-state index contributed by atoms with van der Waals surface area (Å²) in [6, 6.07) is 7.84. The van der Waals surface area contributed by atoms with Gasteiger partial charge >= 0.3 is 6.18 Å². The van der Waals surface area contributed by atoms with Crippen molar-refractivity contribution in [3.63, 3.8) is 0 Å². The number of halogens is 4. The van der Waals surface area contributed by atoms with E-state index in [1.54, 1.807) is 23.1 Å². The Balaban J connectivity index is 1.46. The standard InChI is InChI=1S/C18H16ClF3N6O/c19-15-7-14(18(20,21)22)8-26-16(15)24-5-6-25-17(29)13-3-1-12(2-4-13)9-28-11-23-10-27-28/h1-4,7-8,10-11H,5-6,9H2,(H,24,26)(H,25,29). The first-order chi connectivity index (χ1) is 13.8. The highest BCUT2D eigenvalue weighted by Gasteiger charge is 2.31. The van der Waals surface area contributed by atoms with Gasteiger partial charge in [0.05, 0.1) is 17.1 Å². The fourth-order valence-electron chi connectivity index (χ4n) is 2.44. The lowest BCUT2D eigenvalue weighted by Crippen LogP contribution is -2.29. The maximum atomic E-state index is 12.6. The van der Waals surface area contributed by atoms with Crippen molar-refractivity contribution in [3.05, 3.63) is 70.9 Å². The Hall–Kier alpha value is -3.14. The van der Waals surface area contributed by atoms with Crippen molar-refractivity contribution in [1.29, 1.82) is 0 Å². The number of nitrogens with zero attached hydrogens (tertiary/aromatic N) is 4. The number of rotatable bonds is 7. The van der Waals surface area contributed by atoms with Crippen LogP contribution in [0.4, 0.5) is 19.0 Å². The highest BCUT2D eigenvalue weighted by atomic mass is 35.5. The van der Waals surface area contributed by atoms with Gasteiger partial charge in [0, 0.05) is 24.8 Å². The van der Waals surface area contributed by atoms with E-state index in [4.69, 9.17) is 11.6 Å². The van der Waals surface area contributed by atoms with Crippen LogP contribution >= 0.6 is 11.6 Å². The average molecular weight is 425 g/mol. The summed E-state index contributed by atoms with van der Waals surface area (Å²) in [6.07, 6.45) is -0.754. The monoisotopic (exact) mass is 424 g/mol. The van der Waals surface area contributed by atoms with Crippen molar-refractivity contribution in [1.82, 2.24) is 25.1 Å². The lowest BCUT2D eigenvalue weighted by molar-refractivity contribution is -0.137. The molecule has 0 aliphatic rings. The van der Waals surface area contributed by atoms with E-state index in [1.165, 1.54) is 6.33 Å². The number of alkyl halides is 3. The van der Waals surface area contributed by atoms with E-state index in [2.05, 4.69) is 25.7 Å². The summed E-state index contributed by atoms with van der Waals surface area (Å²) >= 11 is 5.82. The lowest BCUT2D eigenvalue weighted by atomic mass is 10.1. The molecule has 3 rings (SSSR count). The van der Waals surface area contributed by atoms with E-state index in [0.29, 0.717) is 18.3 Å². The van der Waals surface area contributed by atoms with Crippen molar-refractivity contribution in [3.8, 4) is 0 Å². The predicted molar refractivity (Wildman–Crippen MR) is 101 cm³/mol. The number of hydrogen-bond donors (Lipinski definition) is 2. The number of aromatic nitrogens is 4. The van der Waals surface area contributed by atoms with Crippen LogP contribution < -0.4 is 10.6 Å². The van der Waals surface area contributed by atoms with Crippen LogP contribution in [0.25, 0.3) is 0 Å². The van der Waals surface area contributed by atoms with Crippen molar-refractivity contribution in [2.24, 2.45) is 0 Å². The quantitative estimate of drug-likeness (QED) is 0.569. The Morgan fingerprint density at radius 1 is 1.17 bits per heavy atom. The number of benzene rings is 1. The van der Waals surface area contributed by atoms with Crippen LogP contribution in [0.15, 0.2) is 49.2 Å². The molecule has 2 heterocycles. The van der Waals surface area contributed by atoms with Gasteiger partial charge < -0.3 is 10.6 Å². The van der Waals surface area contributed by atoms with Crippen molar-refractivity contribution in [2.45, 2.75) is 12.7 Å². The predicted octanol–water partition coefficient (Wildman–Crippen LogP) is 3.24. The third-order valence-corrected chi connectivity index (χ3v) is 4.19. The Labute approximate surface area is 168 Å². The molecule has 1 amide bonds. The van der Waals surface area contributed by atoms with Crippen LogP contribution in [0, 0.1) is 0 Å². The molecule has 0 aliphatic carbocycles. The Kier molecular flexibility index (Phi) is 6.32. The molecule has 2 N–H and O–H groups in total. The van der Waals surface area contributed by atoms with Gasteiger partial charge in [0.25, 0.3) is 5.91 Å². The van der Waals surface area contributed by atoms with E-state index in [-0.39, 0.29) is 29.8 Å². The van der Waals surface area contributed by atoms with Crippen LogP contribution in [0.3, 0.4) is 0 Å². The highest BCUT2D eigenvalue weighted by molar-refractivity contribution is 6.32. The topological polar surface area (TPSA) is 84.7 Å². The second-order valence-corrected chi connectivity index (χ2v) is 6.43. The first-order valence-corrected chi connectivity index (χ1v) is 8.87. The largest absolute Gasteiger partial charge is 0.417 e. The Morgan fingerprint density at radius 2 is 1.93 bits per heavy atom. The van der Waals surface area contributed by atoms with E-state index in [1.807, 2.05) is 12.1 Å². The molecule has 7 nitrogen and oxygen atoms in total.